The van der Waals surface area contributed by atoms with E-state index in [4.69, 9.17) is 4.42 Å². The van der Waals surface area contributed by atoms with Crippen LogP contribution in [0, 0.1) is 0 Å². The fourth-order valence-corrected chi connectivity index (χ4v) is 3.40. The van der Waals surface area contributed by atoms with Crippen LogP contribution in [0.3, 0.4) is 0 Å². The fourth-order valence-electron chi connectivity index (χ4n) is 1.88. The van der Waals surface area contributed by atoms with Crippen LogP contribution in [0.1, 0.15) is 0 Å². The number of furan rings is 1. The predicted molar refractivity (Wildman–Crippen MR) is 93.4 cm³/mol. The molecule has 0 fully saturated rings. The van der Waals surface area contributed by atoms with Gasteiger partial charge in [-0.2, -0.15) is 0 Å². The molecule has 4 aromatic rings. The number of rotatable bonds is 0. The van der Waals surface area contributed by atoms with Crippen molar-refractivity contribution in [2.75, 3.05) is 0 Å². The summed E-state index contributed by atoms with van der Waals surface area (Å²) in [5.41, 5.74) is 0.934. The second-order valence-corrected chi connectivity index (χ2v) is 6.98. The molecule has 2 aromatic heterocycles. The van der Waals surface area contributed by atoms with Crippen LogP contribution in [0.2, 0.25) is 0 Å². The average Bonchev–Trinajstić information content (AvgIpc) is 3.06. The van der Waals surface area contributed by atoms with Gasteiger partial charge in [0.05, 0.1) is 6.26 Å². The first-order chi connectivity index (χ1) is 9.72. The van der Waals surface area contributed by atoms with Gasteiger partial charge in [-0.3, -0.25) is 0 Å². The van der Waals surface area contributed by atoms with Gasteiger partial charge < -0.3 is 4.42 Å². The highest BCUT2D eigenvalue weighted by Gasteiger charge is 1.94. The monoisotopic (exact) mass is 408 g/mol. The number of fused-ring (bicyclic) bond motifs is 2. The van der Waals surface area contributed by atoms with Gasteiger partial charge in [-0.15, -0.1) is 11.3 Å². The van der Waals surface area contributed by atoms with Crippen molar-refractivity contribution in [2.45, 2.75) is 0 Å². The number of benzene rings is 2. The lowest BCUT2D eigenvalue weighted by molar-refractivity contribution is 0.616. The molecule has 0 saturated carbocycles. The molecule has 100 valence electrons. The summed E-state index contributed by atoms with van der Waals surface area (Å²) in [5.74, 6) is 0. The molecule has 1 nitrogen and oxygen atoms in total. The van der Waals surface area contributed by atoms with Crippen LogP contribution in [-0.2, 0) is 0 Å². The predicted octanol–water partition coefficient (Wildman–Crippen LogP) is 6.86. The first-order valence-electron chi connectivity index (χ1n) is 5.98. The Kier molecular flexibility index (Phi) is 4.24. The molecule has 0 spiro atoms. The number of hydrogen-bond acceptors (Lipinski definition) is 2. The first kappa shape index (κ1) is 13.9. The summed E-state index contributed by atoms with van der Waals surface area (Å²) >= 11 is 8.57. The van der Waals surface area contributed by atoms with Crippen molar-refractivity contribution < 1.29 is 4.42 Å². The van der Waals surface area contributed by atoms with Crippen LogP contribution in [0.15, 0.2) is 73.5 Å². The Morgan fingerprint density at radius 2 is 1.55 bits per heavy atom. The van der Waals surface area contributed by atoms with Crippen molar-refractivity contribution in [3.63, 3.8) is 0 Å². The van der Waals surface area contributed by atoms with E-state index in [1.807, 2.05) is 24.3 Å². The third-order valence-electron chi connectivity index (χ3n) is 2.83. The van der Waals surface area contributed by atoms with Gasteiger partial charge in [-0.25, -0.2) is 0 Å². The van der Waals surface area contributed by atoms with Crippen LogP contribution in [-0.4, -0.2) is 0 Å². The maximum Gasteiger partial charge on any atom is 0.133 e. The van der Waals surface area contributed by atoms with Gasteiger partial charge in [0, 0.05) is 19.0 Å². The second-order valence-electron chi connectivity index (χ2n) is 4.21. The van der Waals surface area contributed by atoms with Gasteiger partial charge in [-0.1, -0.05) is 31.9 Å². The minimum atomic E-state index is 0.934. The van der Waals surface area contributed by atoms with E-state index in [0.29, 0.717) is 0 Å². The van der Waals surface area contributed by atoms with Crippen LogP contribution < -0.4 is 0 Å². The Hall–Kier alpha value is -1.10. The largest absolute Gasteiger partial charge is 0.464 e. The van der Waals surface area contributed by atoms with Crippen LogP contribution in [0.25, 0.3) is 21.1 Å². The topological polar surface area (TPSA) is 13.1 Å². The van der Waals surface area contributed by atoms with Gasteiger partial charge in [0.1, 0.15) is 5.58 Å². The van der Waals surface area contributed by atoms with Gasteiger partial charge in [-0.05, 0) is 59.3 Å². The third-order valence-corrected chi connectivity index (χ3v) is 4.71. The molecule has 0 N–H and O–H groups in total. The minimum absolute atomic E-state index is 0.934. The maximum atomic E-state index is 5.15. The molecule has 0 aliphatic heterocycles. The summed E-state index contributed by atoms with van der Waals surface area (Å²) in [4.78, 5) is 0. The molecule has 0 radical (unpaired) electrons. The molecule has 4 heteroatoms. The Morgan fingerprint density at radius 3 is 2.40 bits per heavy atom. The molecule has 0 unspecified atom stereocenters. The van der Waals surface area contributed by atoms with Crippen molar-refractivity contribution in [3.05, 3.63) is 69.1 Å². The maximum absolute atomic E-state index is 5.15. The molecule has 4 rings (SSSR count). The summed E-state index contributed by atoms with van der Waals surface area (Å²) in [6.45, 7) is 0. The molecule has 2 aromatic carbocycles. The SMILES string of the molecule is Brc1ccc2occc2c1.Brc1ccc2sccc2c1. The van der Waals surface area contributed by atoms with Gasteiger partial charge in [0.15, 0.2) is 0 Å². The Labute approximate surface area is 137 Å². The van der Waals surface area contributed by atoms with E-state index in [9.17, 15) is 0 Å². The van der Waals surface area contributed by atoms with Gasteiger partial charge in [0.25, 0.3) is 0 Å². The van der Waals surface area contributed by atoms with E-state index in [1.54, 1.807) is 17.6 Å². The highest BCUT2D eigenvalue weighted by atomic mass is 79.9. The van der Waals surface area contributed by atoms with Gasteiger partial charge >= 0.3 is 0 Å². The summed E-state index contributed by atoms with van der Waals surface area (Å²) in [5, 5.41) is 4.56. The molecular formula is C16H10Br2OS. The van der Waals surface area contributed by atoms with Crippen molar-refractivity contribution in [1.29, 1.82) is 0 Å². The molecule has 20 heavy (non-hydrogen) atoms. The van der Waals surface area contributed by atoms with Crippen molar-refractivity contribution >= 4 is 64.3 Å². The molecule has 0 atom stereocenters. The highest BCUT2D eigenvalue weighted by Crippen LogP contribution is 2.23. The zero-order valence-electron chi connectivity index (χ0n) is 10.3. The highest BCUT2D eigenvalue weighted by molar-refractivity contribution is 9.10. The molecule has 0 bridgehead atoms. The molecule has 2 heterocycles. The zero-order valence-corrected chi connectivity index (χ0v) is 14.3. The van der Waals surface area contributed by atoms with E-state index in [2.05, 4.69) is 61.5 Å². The summed E-state index contributed by atoms with van der Waals surface area (Å²) < 4.78 is 8.74. The average molecular weight is 410 g/mol. The Morgan fingerprint density at radius 1 is 0.800 bits per heavy atom. The quantitative estimate of drug-likeness (QED) is 0.309. The summed E-state index contributed by atoms with van der Waals surface area (Å²) in [6.07, 6.45) is 1.69. The first-order valence-corrected chi connectivity index (χ1v) is 8.44. The van der Waals surface area contributed by atoms with Crippen LogP contribution >= 0.6 is 43.2 Å². The standard InChI is InChI=1S/C8H5BrO.C8H5BrS/c2*9-7-1-2-8-6(5-7)3-4-10-8/h2*1-5H. The Balaban J connectivity index is 0.000000121. The lowest BCUT2D eigenvalue weighted by Gasteiger charge is -1.88. The van der Waals surface area contributed by atoms with E-state index >= 15 is 0 Å². The van der Waals surface area contributed by atoms with E-state index in [-0.39, 0.29) is 0 Å². The van der Waals surface area contributed by atoms with Crippen molar-refractivity contribution in [1.82, 2.24) is 0 Å². The van der Waals surface area contributed by atoms with Crippen molar-refractivity contribution in [3.8, 4) is 0 Å². The van der Waals surface area contributed by atoms with E-state index in [1.165, 1.54) is 10.1 Å². The van der Waals surface area contributed by atoms with Crippen LogP contribution in [0.5, 0.6) is 0 Å². The van der Waals surface area contributed by atoms with E-state index < -0.39 is 0 Å². The molecule has 0 amide bonds. The zero-order chi connectivity index (χ0) is 13.9. The lowest BCUT2D eigenvalue weighted by atomic mass is 10.3. The fraction of sp³-hybridized carbons (Fsp3) is 0. The third kappa shape index (κ3) is 3.14. The lowest BCUT2D eigenvalue weighted by Crippen LogP contribution is -1.62. The molecule has 0 aliphatic rings. The number of thiophene rings is 1. The van der Waals surface area contributed by atoms with E-state index in [0.717, 1.165) is 19.9 Å². The molecule has 0 aliphatic carbocycles. The Bertz CT molecular complexity index is 776. The van der Waals surface area contributed by atoms with Crippen LogP contribution in [0.4, 0.5) is 0 Å². The second kappa shape index (κ2) is 6.12. The molecule has 0 saturated heterocycles. The summed E-state index contributed by atoms with van der Waals surface area (Å²) in [7, 11) is 0. The minimum Gasteiger partial charge on any atom is -0.464 e. The normalized spacial score (nSPS) is 10.5. The van der Waals surface area contributed by atoms with Crippen molar-refractivity contribution in [2.24, 2.45) is 0 Å². The van der Waals surface area contributed by atoms with Gasteiger partial charge in [0.2, 0.25) is 0 Å². The smallest absolute Gasteiger partial charge is 0.133 e. The number of hydrogen-bond donors (Lipinski definition) is 0. The molecular weight excluding hydrogens is 400 g/mol. The number of halogens is 2. The summed E-state index contributed by atoms with van der Waals surface area (Å²) in [6, 6.07) is 16.3.